The third kappa shape index (κ3) is 4.19. The van der Waals surface area contributed by atoms with E-state index in [9.17, 15) is 9.18 Å². The maximum atomic E-state index is 13.3. The van der Waals surface area contributed by atoms with E-state index in [1.807, 2.05) is 43.3 Å². The fourth-order valence-electron chi connectivity index (χ4n) is 2.89. The standard InChI is InChI=1S/C19H22ClFN4O/c1-23(2)15-5-3-14(4-6-15)22-19(26)25-11-9-24(10-12-25)16-7-8-18(21)17(20)13-16/h3-8,13H,9-12H2,1-2H3,(H,22,26). The van der Waals surface area contributed by atoms with Crippen molar-refractivity contribution in [3.63, 3.8) is 0 Å². The monoisotopic (exact) mass is 376 g/mol. The zero-order valence-corrected chi connectivity index (χ0v) is 15.6. The van der Waals surface area contributed by atoms with E-state index in [2.05, 4.69) is 10.2 Å². The number of urea groups is 1. The van der Waals surface area contributed by atoms with Crippen LogP contribution in [0.5, 0.6) is 0 Å². The van der Waals surface area contributed by atoms with Crippen LogP contribution < -0.4 is 15.1 Å². The van der Waals surface area contributed by atoms with Gasteiger partial charge in [0, 0.05) is 57.3 Å². The topological polar surface area (TPSA) is 38.8 Å². The maximum absolute atomic E-state index is 13.3. The lowest BCUT2D eigenvalue weighted by Gasteiger charge is -2.36. The van der Waals surface area contributed by atoms with E-state index in [-0.39, 0.29) is 11.1 Å². The molecule has 0 aliphatic carbocycles. The summed E-state index contributed by atoms with van der Waals surface area (Å²) in [5.74, 6) is -0.422. The van der Waals surface area contributed by atoms with Gasteiger partial charge in [0.1, 0.15) is 5.82 Å². The van der Waals surface area contributed by atoms with Crippen LogP contribution in [0.15, 0.2) is 42.5 Å². The Morgan fingerprint density at radius 2 is 1.73 bits per heavy atom. The van der Waals surface area contributed by atoms with Crippen LogP contribution in [-0.4, -0.2) is 51.2 Å². The smallest absolute Gasteiger partial charge is 0.321 e. The molecule has 1 N–H and O–H groups in total. The zero-order chi connectivity index (χ0) is 18.7. The second-order valence-corrected chi connectivity index (χ2v) is 6.85. The van der Waals surface area contributed by atoms with E-state index in [1.54, 1.807) is 17.0 Å². The molecule has 1 fully saturated rings. The highest BCUT2D eigenvalue weighted by molar-refractivity contribution is 6.31. The number of hydrogen-bond donors (Lipinski definition) is 1. The lowest BCUT2D eigenvalue weighted by atomic mass is 10.2. The average molecular weight is 377 g/mol. The third-order valence-corrected chi connectivity index (χ3v) is 4.76. The van der Waals surface area contributed by atoms with Gasteiger partial charge in [0.15, 0.2) is 0 Å². The fourth-order valence-corrected chi connectivity index (χ4v) is 3.07. The van der Waals surface area contributed by atoms with Gasteiger partial charge in [-0.05, 0) is 42.5 Å². The largest absolute Gasteiger partial charge is 0.378 e. The van der Waals surface area contributed by atoms with Crippen molar-refractivity contribution in [2.75, 3.05) is 55.4 Å². The highest BCUT2D eigenvalue weighted by Crippen LogP contribution is 2.24. The molecule has 1 saturated heterocycles. The number of benzene rings is 2. The molecule has 2 aromatic rings. The van der Waals surface area contributed by atoms with Crippen molar-refractivity contribution in [3.05, 3.63) is 53.3 Å². The molecule has 1 heterocycles. The van der Waals surface area contributed by atoms with Crippen molar-refractivity contribution in [3.8, 4) is 0 Å². The Balaban J connectivity index is 1.55. The first-order valence-electron chi connectivity index (χ1n) is 8.47. The van der Waals surface area contributed by atoms with Gasteiger partial charge in [-0.3, -0.25) is 0 Å². The molecule has 1 aliphatic rings. The number of carbonyl (C=O) groups excluding carboxylic acids is 1. The molecule has 0 unspecified atom stereocenters. The van der Waals surface area contributed by atoms with Crippen LogP contribution in [0, 0.1) is 5.82 Å². The number of piperazine rings is 1. The third-order valence-electron chi connectivity index (χ3n) is 4.47. The van der Waals surface area contributed by atoms with E-state index in [4.69, 9.17) is 11.6 Å². The predicted molar refractivity (Wildman–Crippen MR) is 105 cm³/mol. The first-order chi connectivity index (χ1) is 12.4. The molecule has 0 radical (unpaired) electrons. The van der Waals surface area contributed by atoms with Gasteiger partial charge < -0.3 is 20.0 Å². The number of anilines is 3. The van der Waals surface area contributed by atoms with Gasteiger partial charge in [-0.2, -0.15) is 0 Å². The van der Waals surface area contributed by atoms with Crippen molar-refractivity contribution in [1.82, 2.24) is 4.90 Å². The minimum atomic E-state index is -0.422. The van der Waals surface area contributed by atoms with E-state index in [0.717, 1.165) is 17.1 Å². The van der Waals surface area contributed by atoms with Crippen LogP contribution in [0.25, 0.3) is 0 Å². The Hall–Kier alpha value is -2.47. The molecule has 5 nitrogen and oxygen atoms in total. The Kier molecular flexibility index (Phi) is 5.52. The highest BCUT2D eigenvalue weighted by Gasteiger charge is 2.21. The SMILES string of the molecule is CN(C)c1ccc(NC(=O)N2CCN(c3ccc(F)c(Cl)c3)CC2)cc1. The first-order valence-corrected chi connectivity index (χ1v) is 8.85. The molecule has 3 rings (SSSR count). The van der Waals surface area contributed by atoms with Crippen LogP contribution in [0.4, 0.5) is 26.2 Å². The second-order valence-electron chi connectivity index (χ2n) is 6.44. The predicted octanol–water partition coefficient (Wildman–Crippen LogP) is 3.90. The number of nitrogens with zero attached hydrogens (tertiary/aromatic N) is 3. The lowest BCUT2D eigenvalue weighted by molar-refractivity contribution is 0.208. The Morgan fingerprint density at radius 3 is 2.31 bits per heavy atom. The number of rotatable bonds is 3. The number of nitrogens with one attached hydrogen (secondary N) is 1. The quantitative estimate of drug-likeness (QED) is 0.883. The van der Waals surface area contributed by atoms with E-state index in [1.165, 1.54) is 6.07 Å². The van der Waals surface area contributed by atoms with E-state index >= 15 is 0 Å². The van der Waals surface area contributed by atoms with Crippen LogP contribution >= 0.6 is 11.6 Å². The van der Waals surface area contributed by atoms with Crippen molar-refractivity contribution in [2.24, 2.45) is 0 Å². The highest BCUT2D eigenvalue weighted by atomic mass is 35.5. The maximum Gasteiger partial charge on any atom is 0.321 e. The number of amides is 2. The van der Waals surface area contributed by atoms with Crippen molar-refractivity contribution < 1.29 is 9.18 Å². The first kappa shape index (κ1) is 18.3. The summed E-state index contributed by atoms with van der Waals surface area (Å²) in [6.45, 7) is 2.54. The van der Waals surface area contributed by atoms with Gasteiger partial charge in [-0.1, -0.05) is 11.6 Å². The van der Waals surface area contributed by atoms with E-state index < -0.39 is 5.82 Å². The summed E-state index contributed by atoms with van der Waals surface area (Å²) in [4.78, 5) is 18.3. The molecule has 7 heteroatoms. The summed E-state index contributed by atoms with van der Waals surface area (Å²) in [6.07, 6.45) is 0. The van der Waals surface area contributed by atoms with Gasteiger partial charge in [0.05, 0.1) is 5.02 Å². The summed E-state index contributed by atoms with van der Waals surface area (Å²) in [7, 11) is 3.95. The minimum absolute atomic E-state index is 0.112. The van der Waals surface area contributed by atoms with Crippen molar-refractivity contribution in [1.29, 1.82) is 0 Å². The summed E-state index contributed by atoms with van der Waals surface area (Å²) >= 11 is 5.85. The van der Waals surface area contributed by atoms with E-state index in [0.29, 0.717) is 26.2 Å². The molecule has 2 amide bonds. The normalized spacial score (nSPS) is 14.3. The van der Waals surface area contributed by atoms with Gasteiger partial charge in [0.25, 0.3) is 0 Å². The molecule has 1 aliphatic heterocycles. The van der Waals surface area contributed by atoms with Crippen molar-refractivity contribution >= 4 is 34.7 Å². The minimum Gasteiger partial charge on any atom is -0.378 e. The average Bonchev–Trinajstić information content (AvgIpc) is 2.64. The number of halogens is 2. The van der Waals surface area contributed by atoms with Crippen LogP contribution in [0.2, 0.25) is 5.02 Å². The Bertz CT molecular complexity index is 774. The van der Waals surface area contributed by atoms with Crippen LogP contribution in [-0.2, 0) is 0 Å². The molecule has 138 valence electrons. The summed E-state index contributed by atoms with van der Waals surface area (Å²) < 4.78 is 13.3. The zero-order valence-electron chi connectivity index (χ0n) is 14.9. The Labute approximate surface area is 157 Å². The fraction of sp³-hybridized carbons (Fsp3) is 0.316. The molecule has 0 aromatic heterocycles. The van der Waals surface area contributed by atoms with Gasteiger partial charge >= 0.3 is 6.03 Å². The van der Waals surface area contributed by atoms with Crippen LogP contribution in [0.1, 0.15) is 0 Å². The summed E-state index contributed by atoms with van der Waals surface area (Å²) in [5, 5.41) is 3.04. The molecule has 0 atom stereocenters. The molecule has 26 heavy (non-hydrogen) atoms. The second kappa shape index (κ2) is 7.83. The van der Waals surface area contributed by atoms with Gasteiger partial charge in [-0.15, -0.1) is 0 Å². The van der Waals surface area contributed by atoms with Gasteiger partial charge in [-0.25, -0.2) is 9.18 Å². The van der Waals surface area contributed by atoms with Crippen LogP contribution in [0.3, 0.4) is 0 Å². The summed E-state index contributed by atoms with van der Waals surface area (Å²) in [5.41, 5.74) is 2.72. The molecule has 2 aromatic carbocycles. The molecule has 0 bridgehead atoms. The Morgan fingerprint density at radius 1 is 1.08 bits per heavy atom. The number of carbonyl (C=O) groups is 1. The van der Waals surface area contributed by atoms with Gasteiger partial charge in [0.2, 0.25) is 0 Å². The molecule has 0 saturated carbocycles. The number of hydrogen-bond acceptors (Lipinski definition) is 3. The molecular formula is C19H22ClFN4O. The molecule has 0 spiro atoms. The summed E-state index contributed by atoms with van der Waals surface area (Å²) in [6, 6.07) is 12.3. The van der Waals surface area contributed by atoms with Crippen molar-refractivity contribution in [2.45, 2.75) is 0 Å². The molecular weight excluding hydrogens is 355 g/mol. The lowest BCUT2D eigenvalue weighted by Crippen LogP contribution is -2.50.